The van der Waals surface area contributed by atoms with Gasteiger partial charge in [-0.2, -0.15) is 0 Å². The van der Waals surface area contributed by atoms with Crippen LogP contribution in [0, 0.1) is 0 Å². The number of nitrogens with two attached hydrogens (primary N) is 1. The molecule has 0 aromatic heterocycles. The molecule has 0 aromatic rings. The van der Waals surface area contributed by atoms with E-state index in [9.17, 15) is 4.79 Å². The van der Waals surface area contributed by atoms with Gasteiger partial charge in [0.25, 0.3) is 0 Å². The van der Waals surface area contributed by atoms with E-state index < -0.39 is 12.0 Å². The van der Waals surface area contributed by atoms with Crippen LogP contribution in [-0.2, 0) is 4.79 Å². The van der Waals surface area contributed by atoms with Crippen LogP contribution in [0.1, 0.15) is 44.9 Å². The van der Waals surface area contributed by atoms with Crippen LogP contribution in [0.25, 0.3) is 0 Å². The van der Waals surface area contributed by atoms with Gasteiger partial charge in [0.15, 0.2) is 0 Å². The summed E-state index contributed by atoms with van der Waals surface area (Å²) < 4.78 is 0. The van der Waals surface area contributed by atoms with E-state index in [0.29, 0.717) is 12.6 Å². The van der Waals surface area contributed by atoms with Crippen molar-refractivity contribution >= 4 is 5.97 Å². The highest BCUT2D eigenvalue weighted by Gasteiger charge is 2.15. The van der Waals surface area contributed by atoms with Gasteiger partial charge < -0.3 is 16.2 Å². The van der Waals surface area contributed by atoms with Crippen LogP contribution >= 0.6 is 0 Å². The van der Waals surface area contributed by atoms with Gasteiger partial charge in [-0.1, -0.05) is 32.1 Å². The number of nitrogens with one attached hydrogen (secondary N) is 1. The summed E-state index contributed by atoms with van der Waals surface area (Å²) in [7, 11) is 0. The highest BCUT2D eigenvalue weighted by molar-refractivity contribution is 5.73. The van der Waals surface area contributed by atoms with Crippen molar-refractivity contribution < 1.29 is 9.90 Å². The molecule has 0 aromatic carbocycles. The lowest BCUT2D eigenvalue weighted by molar-refractivity contribution is -0.138. The summed E-state index contributed by atoms with van der Waals surface area (Å²) >= 11 is 0. The van der Waals surface area contributed by atoms with Crippen LogP contribution in [0.4, 0.5) is 0 Å². The van der Waals surface area contributed by atoms with E-state index in [1.165, 1.54) is 32.1 Å². The Morgan fingerprint density at radius 2 is 1.80 bits per heavy atom. The molecule has 4 heteroatoms. The van der Waals surface area contributed by atoms with Crippen molar-refractivity contribution in [3.63, 3.8) is 0 Å². The lowest BCUT2D eigenvalue weighted by Gasteiger charge is -2.21. The Morgan fingerprint density at radius 3 is 2.33 bits per heavy atom. The lowest BCUT2D eigenvalue weighted by Crippen LogP contribution is -2.44. The SMILES string of the molecule is NC(CNC1CCCCCCC1)C(=O)O. The Hall–Kier alpha value is -0.610. The number of carboxylic acid groups (broad SMARTS) is 1. The molecule has 0 heterocycles. The number of rotatable bonds is 4. The molecule has 1 fully saturated rings. The average molecular weight is 214 g/mol. The van der Waals surface area contributed by atoms with Gasteiger partial charge in [-0.15, -0.1) is 0 Å². The third-order valence-corrected chi connectivity index (χ3v) is 3.05. The molecule has 1 aliphatic carbocycles. The fourth-order valence-electron chi connectivity index (χ4n) is 2.04. The normalized spacial score (nSPS) is 21.7. The quantitative estimate of drug-likeness (QED) is 0.655. The highest BCUT2D eigenvalue weighted by atomic mass is 16.4. The Balaban J connectivity index is 2.20. The minimum Gasteiger partial charge on any atom is -0.480 e. The molecule has 4 N–H and O–H groups in total. The van der Waals surface area contributed by atoms with E-state index in [0.717, 1.165) is 12.8 Å². The molecular weight excluding hydrogens is 192 g/mol. The topological polar surface area (TPSA) is 75.3 Å². The molecule has 0 saturated heterocycles. The van der Waals surface area contributed by atoms with Gasteiger partial charge in [0.05, 0.1) is 0 Å². The Bertz CT molecular complexity index is 189. The largest absolute Gasteiger partial charge is 0.480 e. The number of aliphatic carboxylic acids is 1. The fraction of sp³-hybridized carbons (Fsp3) is 0.909. The van der Waals surface area contributed by atoms with Gasteiger partial charge >= 0.3 is 5.97 Å². The van der Waals surface area contributed by atoms with E-state index in [4.69, 9.17) is 10.8 Å². The van der Waals surface area contributed by atoms with Gasteiger partial charge in [-0.05, 0) is 12.8 Å². The highest BCUT2D eigenvalue weighted by Crippen LogP contribution is 2.16. The van der Waals surface area contributed by atoms with Crippen LogP contribution in [-0.4, -0.2) is 29.7 Å². The number of hydrogen-bond donors (Lipinski definition) is 3. The first-order valence-corrected chi connectivity index (χ1v) is 5.92. The Labute approximate surface area is 91.2 Å². The molecule has 4 nitrogen and oxygen atoms in total. The van der Waals surface area contributed by atoms with Crippen LogP contribution < -0.4 is 11.1 Å². The van der Waals surface area contributed by atoms with Crippen molar-refractivity contribution in [3.8, 4) is 0 Å². The minimum atomic E-state index is -0.923. The van der Waals surface area contributed by atoms with E-state index in [2.05, 4.69) is 5.32 Å². The van der Waals surface area contributed by atoms with E-state index in [1.54, 1.807) is 0 Å². The van der Waals surface area contributed by atoms with Gasteiger partial charge in [0.1, 0.15) is 6.04 Å². The predicted molar refractivity (Wildman–Crippen MR) is 59.7 cm³/mol. The van der Waals surface area contributed by atoms with Crippen LogP contribution in [0.15, 0.2) is 0 Å². The fourth-order valence-corrected chi connectivity index (χ4v) is 2.04. The lowest BCUT2D eigenvalue weighted by atomic mass is 9.96. The van der Waals surface area contributed by atoms with Crippen molar-refractivity contribution in [1.82, 2.24) is 5.32 Å². The maximum atomic E-state index is 10.5. The first kappa shape index (κ1) is 12.5. The maximum Gasteiger partial charge on any atom is 0.321 e. The molecule has 0 aliphatic heterocycles. The second-order valence-corrected chi connectivity index (χ2v) is 4.40. The Morgan fingerprint density at radius 1 is 1.27 bits per heavy atom. The summed E-state index contributed by atoms with van der Waals surface area (Å²) in [5, 5.41) is 11.9. The first-order valence-electron chi connectivity index (χ1n) is 5.92. The van der Waals surface area contributed by atoms with Gasteiger partial charge in [0, 0.05) is 12.6 Å². The summed E-state index contributed by atoms with van der Waals surface area (Å²) in [6.07, 6.45) is 8.78. The van der Waals surface area contributed by atoms with Crippen molar-refractivity contribution in [2.24, 2.45) is 5.73 Å². The number of hydrogen-bond acceptors (Lipinski definition) is 3. The Kier molecular flexibility index (Phi) is 5.65. The van der Waals surface area contributed by atoms with Crippen LogP contribution in [0.2, 0.25) is 0 Å². The van der Waals surface area contributed by atoms with E-state index in [-0.39, 0.29) is 0 Å². The monoisotopic (exact) mass is 214 g/mol. The van der Waals surface area contributed by atoms with Crippen molar-refractivity contribution in [2.45, 2.75) is 57.0 Å². The number of carboxylic acids is 1. The van der Waals surface area contributed by atoms with E-state index >= 15 is 0 Å². The third-order valence-electron chi connectivity index (χ3n) is 3.05. The summed E-state index contributed by atoms with van der Waals surface area (Å²) in [5.74, 6) is -0.923. The standard InChI is InChI=1S/C11H22N2O2/c12-10(11(14)15)8-13-9-6-4-2-1-3-5-7-9/h9-10,13H,1-8,12H2,(H,14,15). The predicted octanol–water partition coefficient (Wildman–Crippen LogP) is 1.10. The van der Waals surface area contributed by atoms with Gasteiger partial charge in [-0.25, -0.2) is 0 Å². The zero-order chi connectivity index (χ0) is 11.1. The summed E-state index contributed by atoms with van der Waals surface area (Å²) in [6.45, 7) is 0.389. The summed E-state index contributed by atoms with van der Waals surface area (Å²) in [4.78, 5) is 10.5. The summed E-state index contributed by atoms with van der Waals surface area (Å²) in [6, 6.07) is -0.300. The molecule has 0 spiro atoms. The molecule has 1 atom stereocenters. The number of carbonyl (C=O) groups is 1. The van der Waals surface area contributed by atoms with Crippen LogP contribution in [0.3, 0.4) is 0 Å². The minimum absolute atomic E-state index is 0.389. The molecular formula is C11H22N2O2. The zero-order valence-corrected chi connectivity index (χ0v) is 9.24. The molecule has 15 heavy (non-hydrogen) atoms. The molecule has 88 valence electrons. The molecule has 0 radical (unpaired) electrons. The van der Waals surface area contributed by atoms with Crippen LogP contribution in [0.5, 0.6) is 0 Å². The molecule has 1 aliphatic rings. The second kappa shape index (κ2) is 6.80. The molecule has 1 unspecified atom stereocenters. The molecule has 0 amide bonds. The zero-order valence-electron chi connectivity index (χ0n) is 9.24. The van der Waals surface area contributed by atoms with Gasteiger partial charge in [0.2, 0.25) is 0 Å². The van der Waals surface area contributed by atoms with Gasteiger partial charge in [-0.3, -0.25) is 4.79 Å². The van der Waals surface area contributed by atoms with Crippen molar-refractivity contribution in [3.05, 3.63) is 0 Å². The average Bonchev–Trinajstić information content (AvgIpc) is 2.15. The smallest absolute Gasteiger partial charge is 0.321 e. The third kappa shape index (κ3) is 5.14. The maximum absolute atomic E-state index is 10.5. The first-order chi connectivity index (χ1) is 7.20. The molecule has 1 saturated carbocycles. The van der Waals surface area contributed by atoms with E-state index in [1.807, 2.05) is 0 Å². The van der Waals surface area contributed by atoms with Crippen molar-refractivity contribution in [2.75, 3.05) is 6.54 Å². The second-order valence-electron chi connectivity index (χ2n) is 4.40. The molecule has 0 bridgehead atoms. The molecule has 1 rings (SSSR count). The summed E-state index contributed by atoms with van der Waals surface area (Å²) in [5.41, 5.74) is 5.44. The van der Waals surface area contributed by atoms with Crippen molar-refractivity contribution in [1.29, 1.82) is 0 Å².